The first kappa shape index (κ1) is 45.7. The summed E-state index contributed by atoms with van der Waals surface area (Å²) in [5.41, 5.74) is -5.59. The lowest BCUT2D eigenvalue weighted by Crippen LogP contribution is -2.80. The fourth-order valence-electron chi connectivity index (χ4n) is 7.08. The van der Waals surface area contributed by atoms with E-state index in [1.807, 2.05) is 41.5 Å². The first-order chi connectivity index (χ1) is 24.3. The smallest absolute Gasteiger partial charge is 0.247 e. The van der Waals surface area contributed by atoms with E-state index in [0.29, 0.717) is 0 Å². The van der Waals surface area contributed by atoms with E-state index >= 15 is 0 Å². The molecule has 0 spiro atoms. The minimum absolute atomic E-state index is 0.00538. The van der Waals surface area contributed by atoms with Crippen LogP contribution in [0.15, 0.2) is 68.5 Å². The number of allylic oxidation sites excluding steroid dienone is 2. The number of ether oxygens (including phenoxy) is 10. The van der Waals surface area contributed by atoms with Crippen LogP contribution in [0.3, 0.4) is 0 Å². The summed E-state index contributed by atoms with van der Waals surface area (Å²) in [6.07, 6.45) is 3.12. The average molecular weight is 803 g/mol. The number of hydrogen-bond acceptors (Lipinski definition) is 10. The van der Waals surface area contributed by atoms with E-state index in [4.69, 9.17) is 93.8 Å². The van der Waals surface area contributed by atoms with Gasteiger partial charge in [-0.3, -0.25) is 0 Å². The van der Waals surface area contributed by atoms with Crippen LogP contribution in [0.4, 0.5) is 0 Å². The first-order valence-corrected chi connectivity index (χ1v) is 19.0. The van der Waals surface area contributed by atoms with Crippen LogP contribution in [0, 0.1) is 5.41 Å². The van der Waals surface area contributed by atoms with Crippen molar-refractivity contribution >= 4 is 46.4 Å². The van der Waals surface area contributed by atoms with Gasteiger partial charge < -0.3 is 47.4 Å². The number of halogens is 4. The summed E-state index contributed by atoms with van der Waals surface area (Å²) in [4.78, 5) is 0. The molecule has 0 radical (unpaired) electrons. The van der Waals surface area contributed by atoms with Crippen molar-refractivity contribution in [3.8, 4) is 0 Å². The molecule has 0 fully saturated rings. The lowest BCUT2D eigenvalue weighted by Gasteiger charge is -2.65. The molecule has 2 atom stereocenters. The second-order valence-electron chi connectivity index (χ2n) is 11.5. The quantitative estimate of drug-likeness (QED) is 0.0695. The van der Waals surface area contributed by atoms with E-state index in [-0.39, 0.29) is 109 Å². The Balaban J connectivity index is 3.57. The predicted octanol–water partition coefficient (Wildman–Crippen LogP) is 9.41. The van der Waals surface area contributed by atoms with Gasteiger partial charge in [-0.1, -0.05) is 85.6 Å². The first-order valence-electron chi connectivity index (χ1n) is 17.5. The van der Waals surface area contributed by atoms with Gasteiger partial charge in [0.15, 0.2) is 34.2 Å². The highest BCUT2D eigenvalue weighted by molar-refractivity contribution is 6.37. The van der Waals surface area contributed by atoms with Gasteiger partial charge in [0.05, 0.1) is 13.2 Å². The molecule has 0 heterocycles. The fourth-order valence-corrected chi connectivity index (χ4v) is 8.63. The van der Waals surface area contributed by atoms with Crippen molar-refractivity contribution in [3.05, 3.63) is 68.5 Å². The molecule has 0 bridgehead atoms. The van der Waals surface area contributed by atoms with Crippen LogP contribution in [-0.2, 0) is 47.4 Å². The lowest BCUT2D eigenvalue weighted by atomic mass is 9.54. The third kappa shape index (κ3) is 7.24. The SMILES string of the molecule is C=CCOC1=C(Cl)C(OCC)(OCC)C(OCC)(C(C)(C)C2(OCC)C(OCC)=C(Cl)C(OCC=C)=C(Cl)C2(OCC)OCC)C(OCC)=C1Cl. The summed E-state index contributed by atoms with van der Waals surface area (Å²) in [7, 11) is 0. The molecule has 0 aromatic carbocycles. The predicted molar refractivity (Wildman–Crippen MR) is 202 cm³/mol. The highest BCUT2D eigenvalue weighted by atomic mass is 35.5. The van der Waals surface area contributed by atoms with Gasteiger partial charge >= 0.3 is 0 Å². The Hall–Kier alpha value is -1.44. The Morgan fingerprint density at radius 3 is 1.02 bits per heavy atom. The maximum atomic E-state index is 7.45. The van der Waals surface area contributed by atoms with Crippen LogP contribution in [-0.4, -0.2) is 88.8 Å². The Morgan fingerprint density at radius 2 is 0.784 bits per heavy atom. The lowest BCUT2D eigenvalue weighted by molar-refractivity contribution is -0.393. The second-order valence-corrected chi connectivity index (χ2v) is 13.0. The molecule has 0 saturated carbocycles. The Labute approximate surface area is 324 Å². The second kappa shape index (κ2) is 19.8. The maximum Gasteiger partial charge on any atom is 0.247 e. The van der Waals surface area contributed by atoms with E-state index in [0.717, 1.165) is 0 Å². The van der Waals surface area contributed by atoms with Crippen LogP contribution in [0.2, 0.25) is 0 Å². The Kier molecular flexibility index (Phi) is 17.7. The molecular formula is C37H56Cl4O10. The summed E-state index contributed by atoms with van der Waals surface area (Å²) in [5.74, 6) is -3.78. The van der Waals surface area contributed by atoms with Crippen LogP contribution < -0.4 is 0 Å². The zero-order chi connectivity index (χ0) is 38.7. The average Bonchev–Trinajstić information content (AvgIpc) is 3.09. The Bertz CT molecular complexity index is 1230. The maximum absolute atomic E-state index is 7.45. The third-order valence-electron chi connectivity index (χ3n) is 8.48. The van der Waals surface area contributed by atoms with Crippen molar-refractivity contribution in [1.82, 2.24) is 0 Å². The molecule has 51 heavy (non-hydrogen) atoms. The van der Waals surface area contributed by atoms with E-state index in [1.165, 1.54) is 0 Å². The van der Waals surface area contributed by atoms with Crippen molar-refractivity contribution < 1.29 is 47.4 Å². The minimum atomic E-state index is -2.02. The molecule has 0 N–H and O–H groups in total. The standard InChI is InChI=1S/C37H56Cl4O10/c1-13-23-44-27-25(38)31(42-15-3)34(46-17-5,36(29(27)40,48-19-7)49-20-8)33(11,12)35(47-18-6)32(43-16-4)26(39)28(45-24-14-2)30(41)37(35,50-21-9)51-22-10/h13-14H,1-2,15-24H2,3-12H3. The van der Waals surface area contributed by atoms with E-state index < -0.39 is 28.2 Å². The number of rotatable bonds is 24. The Morgan fingerprint density at radius 1 is 0.490 bits per heavy atom. The topological polar surface area (TPSA) is 92.3 Å². The van der Waals surface area contributed by atoms with Crippen LogP contribution in [0.1, 0.15) is 69.2 Å². The molecule has 2 aliphatic rings. The normalized spacial score (nSPS) is 23.5. The largest absolute Gasteiger partial charge is 0.493 e. The molecule has 0 aromatic heterocycles. The summed E-state index contributed by atoms with van der Waals surface area (Å²) in [6.45, 7) is 26.6. The van der Waals surface area contributed by atoms with Gasteiger partial charge in [0, 0.05) is 45.1 Å². The molecule has 0 saturated heterocycles. The van der Waals surface area contributed by atoms with Crippen molar-refractivity contribution in [1.29, 1.82) is 0 Å². The van der Waals surface area contributed by atoms with E-state index in [1.54, 1.807) is 39.8 Å². The summed E-state index contributed by atoms with van der Waals surface area (Å²) in [6, 6.07) is 0. The van der Waals surface area contributed by atoms with Gasteiger partial charge in [-0.2, -0.15) is 0 Å². The molecule has 2 unspecified atom stereocenters. The van der Waals surface area contributed by atoms with Gasteiger partial charge in [0.1, 0.15) is 33.3 Å². The highest BCUT2D eigenvalue weighted by Crippen LogP contribution is 2.69. The van der Waals surface area contributed by atoms with Gasteiger partial charge in [0.2, 0.25) is 11.6 Å². The zero-order valence-corrected chi connectivity index (χ0v) is 34.8. The summed E-state index contributed by atoms with van der Waals surface area (Å²) < 4.78 is 66.2. The van der Waals surface area contributed by atoms with Crippen molar-refractivity contribution in [3.63, 3.8) is 0 Å². The minimum Gasteiger partial charge on any atom is -0.493 e. The monoisotopic (exact) mass is 800 g/mol. The molecule has 14 heteroatoms. The molecule has 2 rings (SSSR count). The number of hydrogen-bond donors (Lipinski definition) is 0. The zero-order valence-electron chi connectivity index (χ0n) is 31.7. The molecule has 292 valence electrons. The van der Waals surface area contributed by atoms with Gasteiger partial charge in [-0.05, 0) is 55.4 Å². The fraction of sp³-hybridized carbons (Fsp3) is 0.676. The summed E-state index contributed by atoms with van der Waals surface area (Å²) >= 11 is 29.6. The molecule has 0 aromatic rings. The van der Waals surface area contributed by atoms with Gasteiger partial charge in [-0.25, -0.2) is 0 Å². The van der Waals surface area contributed by atoms with Crippen molar-refractivity contribution in [2.75, 3.05) is 66.1 Å². The molecule has 2 aliphatic carbocycles. The van der Waals surface area contributed by atoms with Crippen molar-refractivity contribution in [2.24, 2.45) is 5.41 Å². The molecule has 0 aliphatic heterocycles. The van der Waals surface area contributed by atoms with E-state index in [2.05, 4.69) is 13.2 Å². The molecular weight excluding hydrogens is 746 g/mol. The van der Waals surface area contributed by atoms with Crippen LogP contribution in [0.25, 0.3) is 0 Å². The third-order valence-corrected chi connectivity index (χ3v) is 10.0. The molecule has 10 nitrogen and oxygen atoms in total. The molecule has 0 amide bonds. The highest BCUT2D eigenvalue weighted by Gasteiger charge is 2.83. The van der Waals surface area contributed by atoms with Crippen LogP contribution >= 0.6 is 46.4 Å². The summed E-state index contributed by atoms with van der Waals surface area (Å²) in [5, 5.41) is -0.0844. The van der Waals surface area contributed by atoms with Crippen LogP contribution in [0.5, 0.6) is 0 Å². The van der Waals surface area contributed by atoms with Gasteiger partial charge in [0.25, 0.3) is 0 Å². The van der Waals surface area contributed by atoms with Gasteiger partial charge in [-0.15, -0.1) is 0 Å². The van der Waals surface area contributed by atoms with Crippen molar-refractivity contribution in [2.45, 2.75) is 92.0 Å². The van der Waals surface area contributed by atoms with E-state index in [9.17, 15) is 0 Å².